The van der Waals surface area contributed by atoms with Crippen molar-refractivity contribution >= 4 is 20.9 Å². The Labute approximate surface area is 161 Å². The van der Waals surface area contributed by atoms with Gasteiger partial charge in [0.1, 0.15) is 0 Å². The lowest BCUT2D eigenvalue weighted by Gasteiger charge is -2.17. The number of benzene rings is 3. The first-order valence-corrected chi connectivity index (χ1v) is 10.4. The average Bonchev–Trinajstić information content (AvgIpc) is 2.67. The first-order chi connectivity index (χ1) is 13.0. The van der Waals surface area contributed by atoms with E-state index in [1.807, 2.05) is 31.2 Å². The summed E-state index contributed by atoms with van der Waals surface area (Å²) in [6.07, 6.45) is 3.24. The first kappa shape index (κ1) is 19.3. The van der Waals surface area contributed by atoms with Crippen molar-refractivity contribution in [2.45, 2.75) is 24.7 Å². The Morgan fingerprint density at radius 2 is 1.70 bits per heavy atom. The van der Waals surface area contributed by atoms with Crippen LogP contribution in [0.5, 0.6) is 0 Å². The summed E-state index contributed by atoms with van der Waals surface area (Å²) >= 11 is 0. The van der Waals surface area contributed by atoms with E-state index in [2.05, 4.69) is 30.8 Å². The summed E-state index contributed by atoms with van der Waals surface area (Å²) in [5.41, 5.74) is 2.20. The summed E-state index contributed by atoms with van der Waals surface area (Å²) in [4.78, 5) is 0.190. The third-order valence-corrected chi connectivity index (χ3v) is 5.95. The van der Waals surface area contributed by atoms with Crippen molar-refractivity contribution in [1.29, 1.82) is 0 Å². The zero-order chi connectivity index (χ0) is 19.3. The van der Waals surface area contributed by atoms with Gasteiger partial charge in [-0.1, -0.05) is 66.2 Å². The molecular weight excluding hydrogens is 356 g/mol. The highest BCUT2D eigenvalue weighted by molar-refractivity contribution is 7.86. The maximum Gasteiger partial charge on any atom is 0.296 e. The lowest BCUT2D eigenvalue weighted by atomic mass is 9.93. The van der Waals surface area contributed by atoms with E-state index in [1.54, 1.807) is 24.3 Å². The van der Waals surface area contributed by atoms with Gasteiger partial charge in [-0.25, -0.2) is 0 Å². The molecule has 0 bridgehead atoms. The van der Waals surface area contributed by atoms with E-state index in [-0.39, 0.29) is 17.4 Å². The third kappa shape index (κ3) is 4.85. The molecule has 0 aromatic heterocycles. The molecule has 0 aliphatic heterocycles. The summed E-state index contributed by atoms with van der Waals surface area (Å²) in [6, 6.07) is 21.1. The molecular formula is C23H24O3S. The molecule has 0 spiro atoms. The fourth-order valence-corrected chi connectivity index (χ4v) is 4.16. The van der Waals surface area contributed by atoms with E-state index in [0.29, 0.717) is 6.42 Å². The fraction of sp³-hybridized carbons (Fsp3) is 0.217. The van der Waals surface area contributed by atoms with Gasteiger partial charge >= 0.3 is 0 Å². The van der Waals surface area contributed by atoms with Gasteiger partial charge in [0.05, 0.1) is 11.5 Å². The summed E-state index contributed by atoms with van der Waals surface area (Å²) in [5, 5.41) is 2.37. The molecule has 0 radical (unpaired) electrons. The number of hydrogen-bond donors (Lipinski definition) is 0. The van der Waals surface area contributed by atoms with Crippen molar-refractivity contribution < 1.29 is 12.6 Å². The van der Waals surface area contributed by atoms with Gasteiger partial charge in [0.25, 0.3) is 10.1 Å². The van der Waals surface area contributed by atoms with Crippen LogP contribution in [0.3, 0.4) is 0 Å². The minimum Gasteiger partial charge on any atom is -0.266 e. The Bertz CT molecular complexity index is 1020. The monoisotopic (exact) mass is 380 g/mol. The third-order valence-electron chi connectivity index (χ3n) is 4.66. The largest absolute Gasteiger partial charge is 0.296 e. The minimum atomic E-state index is -3.76. The van der Waals surface area contributed by atoms with Gasteiger partial charge in [0, 0.05) is 0 Å². The zero-order valence-electron chi connectivity index (χ0n) is 15.5. The molecule has 3 rings (SSSR count). The topological polar surface area (TPSA) is 43.4 Å². The van der Waals surface area contributed by atoms with Crippen LogP contribution in [0.4, 0.5) is 0 Å². The molecule has 27 heavy (non-hydrogen) atoms. The minimum absolute atomic E-state index is 0.0357. The van der Waals surface area contributed by atoms with E-state index in [4.69, 9.17) is 4.18 Å². The molecule has 0 aliphatic carbocycles. The lowest BCUT2D eigenvalue weighted by Crippen LogP contribution is -2.16. The van der Waals surface area contributed by atoms with Gasteiger partial charge in [-0.05, 0) is 54.2 Å². The van der Waals surface area contributed by atoms with Crippen molar-refractivity contribution in [3.63, 3.8) is 0 Å². The van der Waals surface area contributed by atoms with Gasteiger partial charge in [-0.3, -0.25) is 4.18 Å². The van der Waals surface area contributed by atoms with Gasteiger partial charge in [0.2, 0.25) is 0 Å². The molecule has 0 aliphatic rings. The Hall–Kier alpha value is -2.43. The van der Waals surface area contributed by atoms with Crippen LogP contribution in [0, 0.1) is 12.8 Å². The molecule has 0 fully saturated rings. The van der Waals surface area contributed by atoms with Crippen molar-refractivity contribution in [3.05, 3.63) is 90.5 Å². The molecule has 3 aromatic rings. The van der Waals surface area contributed by atoms with Crippen LogP contribution >= 0.6 is 0 Å². The van der Waals surface area contributed by atoms with E-state index in [9.17, 15) is 8.42 Å². The van der Waals surface area contributed by atoms with Crippen LogP contribution in [0.2, 0.25) is 0 Å². The average molecular weight is 381 g/mol. The summed E-state index contributed by atoms with van der Waals surface area (Å²) < 4.78 is 30.3. The molecule has 0 heterocycles. The Kier molecular flexibility index (Phi) is 6.09. The van der Waals surface area contributed by atoms with Gasteiger partial charge < -0.3 is 0 Å². The highest BCUT2D eigenvalue weighted by Gasteiger charge is 2.19. The highest BCUT2D eigenvalue weighted by atomic mass is 32.2. The maximum absolute atomic E-state index is 12.5. The Balaban J connectivity index is 1.76. The lowest BCUT2D eigenvalue weighted by molar-refractivity contribution is 0.254. The van der Waals surface area contributed by atoms with Crippen LogP contribution in [-0.4, -0.2) is 15.0 Å². The molecule has 140 valence electrons. The number of rotatable bonds is 8. The Morgan fingerprint density at radius 3 is 2.44 bits per heavy atom. The number of aryl methyl sites for hydroxylation is 1. The van der Waals surface area contributed by atoms with Crippen molar-refractivity contribution in [2.24, 2.45) is 5.92 Å². The Morgan fingerprint density at radius 1 is 1.00 bits per heavy atom. The quantitative estimate of drug-likeness (QED) is 0.394. The second kappa shape index (κ2) is 8.51. The smallest absolute Gasteiger partial charge is 0.266 e. The molecule has 4 heteroatoms. The van der Waals surface area contributed by atoms with Gasteiger partial charge in [-0.15, -0.1) is 6.58 Å². The second-order valence-corrected chi connectivity index (χ2v) is 8.40. The summed E-state index contributed by atoms with van der Waals surface area (Å²) in [5.74, 6) is 0.0357. The molecule has 3 nitrogen and oxygen atoms in total. The van der Waals surface area contributed by atoms with Crippen LogP contribution in [0.15, 0.2) is 84.3 Å². The van der Waals surface area contributed by atoms with E-state index >= 15 is 0 Å². The van der Waals surface area contributed by atoms with Crippen LogP contribution < -0.4 is 0 Å². The van der Waals surface area contributed by atoms with Crippen LogP contribution in [0.1, 0.15) is 17.5 Å². The van der Waals surface area contributed by atoms with E-state index in [1.165, 1.54) is 16.3 Å². The first-order valence-electron chi connectivity index (χ1n) is 9.03. The van der Waals surface area contributed by atoms with Crippen molar-refractivity contribution in [3.8, 4) is 0 Å². The van der Waals surface area contributed by atoms with E-state index in [0.717, 1.165) is 12.0 Å². The van der Waals surface area contributed by atoms with Gasteiger partial charge in [-0.2, -0.15) is 8.42 Å². The number of hydrogen-bond acceptors (Lipinski definition) is 3. The van der Waals surface area contributed by atoms with Gasteiger partial charge in [0.15, 0.2) is 0 Å². The normalized spacial score (nSPS) is 12.8. The van der Waals surface area contributed by atoms with Crippen LogP contribution in [0.25, 0.3) is 10.8 Å². The van der Waals surface area contributed by atoms with Crippen LogP contribution in [-0.2, 0) is 20.7 Å². The molecule has 3 aromatic carbocycles. The molecule has 0 saturated carbocycles. The zero-order valence-corrected chi connectivity index (χ0v) is 16.3. The SMILES string of the molecule is C=CC[C@H](COS(=O)(=O)c1ccc(C)cc1)Cc1cccc2ccccc12. The highest BCUT2D eigenvalue weighted by Crippen LogP contribution is 2.24. The number of fused-ring (bicyclic) bond motifs is 1. The fourth-order valence-electron chi connectivity index (χ4n) is 3.19. The molecule has 1 atom stereocenters. The molecule has 0 amide bonds. The summed E-state index contributed by atoms with van der Waals surface area (Å²) in [6.45, 7) is 5.86. The molecule has 0 unspecified atom stereocenters. The predicted molar refractivity (Wildman–Crippen MR) is 110 cm³/mol. The summed E-state index contributed by atoms with van der Waals surface area (Å²) in [7, 11) is -3.76. The predicted octanol–water partition coefficient (Wildman–Crippen LogP) is 5.29. The maximum atomic E-state index is 12.5. The molecule has 0 saturated heterocycles. The van der Waals surface area contributed by atoms with Crippen molar-refractivity contribution in [2.75, 3.05) is 6.61 Å². The molecule has 0 N–H and O–H groups in total. The second-order valence-electron chi connectivity index (χ2n) is 6.78. The standard InChI is InChI=1S/C23H24O3S/c1-3-7-19(16-21-10-6-9-20-8-4-5-11-23(20)21)17-26-27(24,25)22-14-12-18(2)13-15-22/h3-6,8-15,19H,1,7,16-17H2,2H3/t19-/m0/s1. The van der Waals surface area contributed by atoms with E-state index < -0.39 is 10.1 Å². The number of allylic oxidation sites excluding steroid dienone is 1. The van der Waals surface area contributed by atoms with Crippen molar-refractivity contribution in [1.82, 2.24) is 0 Å².